The van der Waals surface area contributed by atoms with Gasteiger partial charge in [0, 0.05) is 88.7 Å². The fraction of sp³-hybridized carbons (Fsp3) is 0.0333. The van der Waals surface area contributed by atoms with Gasteiger partial charge < -0.3 is 23.4 Å². The second-order valence-electron chi connectivity index (χ2n) is 34.9. The number of aromatic nitrogens is 2. The number of furan rings is 1. The third-order valence-corrected chi connectivity index (χ3v) is 26.8. The van der Waals surface area contributed by atoms with Crippen LogP contribution in [0.1, 0.15) is 26.3 Å². The Kier molecular flexibility index (Phi) is 16.6. The van der Waals surface area contributed by atoms with Gasteiger partial charge in [0.25, 0.3) is 6.71 Å². The van der Waals surface area contributed by atoms with Crippen LogP contribution in [0.3, 0.4) is 0 Å². The van der Waals surface area contributed by atoms with Gasteiger partial charge >= 0.3 is 0 Å². The van der Waals surface area contributed by atoms with Gasteiger partial charge in [0.05, 0.1) is 33.4 Å². The standard InChI is InChI=1S/C120H81BN4O/c1-120(2,3)86-74-99(79-40-16-7-17-41-79)119(102(75-86)100-67-81-42-22-23-47-89(81)92-48-24-25-49-93(92)100)125-108-64-61-83(91-54-33-58-110-116(91)96-52-27-30-56-106(96)123(110)88-45-20-9-21-46-88)71-104(108)121-103-70-82(90-53-32-57-109-115(90)95-51-26-29-55-105(95)122(109)87-43-18-8-19-44-87)60-63-107(103)124(111-72-85(73-112(125)117(111)121)80-62-65-114-101(66-80)94-50-28-31-59-113(94)126-114)118-97(77-36-12-5-13-37-77)68-84(76-34-10-4-11-35-76)69-98(118)78-38-14-6-15-39-78/h4-75H,1-3H3. The van der Waals surface area contributed by atoms with Crippen molar-refractivity contribution < 1.29 is 4.42 Å². The molecule has 25 rings (SSSR count). The van der Waals surface area contributed by atoms with E-state index in [4.69, 9.17) is 4.42 Å². The Balaban J connectivity index is 0.880. The average molecular weight is 1610 g/mol. The molecule has 0 fully saturated rings. The molecule has 590 valence electrons. The van der Waals surface area contributed by atoms with Crippen LogP contribution in [0.5, 0.6) is 0 Å². The molecule has 2 aliphatic heterocycles. The molecule has 0 radical (unpaired) electrons. The van der Waals surface area contributed by atoms with E-state index < -0.39 is 6.71 Å². The van der Waals surface area contributed by atoms with Gasteiger partial charge in [0.2, 0.25) is 0 Å². The van der Waals surface area contributed by atoms with Gasteiger partial charge in [0.1, 0.15) is 11.2 Å². The maximum atomic E-state index is 6.78. The first-order valence-corrected chi connectivity index (χ1v) is 43.8. The molecule has 0 spiro atoms. The van der Waals surface area contributed by atoms with Crippen LogP contribution >= 0.6 is 0 Å². The van der Waals surface area contributed by atoms with E-state index in [0.717, 1.165) is 179 Å². The van der Waals surface area contributed by atoms with Gasteiger partial charge in [-0.25, -0.2) is 0 Å². The van der Waals surface area contributed by atoms with Crippen molar-refractivity contribution in [1.82, 2.24) is 9.13 Å². The summed E-state index contributed by atoms with van der Waals surface area (Å²) in [5.41, 5.74) is 37.3. The second-order valence-corrected chi connectivity index (χ2v) is 34.9. The van der Waals surface area contributed by atoms with Crippen LogP contribution in [0.4, 0.5) is 34.1 Å². The lowest BCUT2D eigenvalue weighted by Crippen LogP contribution is -2.61. The summed E-state index contributed by atoms with van der Waals surface area (Å²) >= 11 is 0. The van der Waals surface area contributed by atoms with Crippen molar-refractivity contribution in [3.05, 3.63) is 442 Å². The van der Waals surface area contributed by atoms with Gasteiger partial charge in [-0.3, -0.25) is 0 Å². The van der Waals surface area contributed by atoms with Crippen LogP contribution in [0.25, 0.3) is 187 Å². The molecule has 3 aromatic heterocycles. The molecule has 23 aromatic rings. The first-order chi connectivity index (χ1) is 62.2. The minimum atomic E-state index is -0.417. The summed E-state index contributed by atoms with van der Waals surface area (Å²) in [4.78, 5) is 5.47. The number of nitrogens with zero attached hydrogens (tertiary/aromatic N) is 4. The molecule has 0 amide bonds. The Hall–Kier alpha value is -16.0. The maximum Gasteiger partial charge on any atom is 0.252 e. The van der Waals surface area contributed by atoms with E-state index in [1.807, 2.05) is 0 Å². The summed E-state index contributed by atoms with van der Waals surface area (Å²) < 4.78 is 11.7. The highest BCUT2D eigenvalue weighted by Crippen LogP contribution is 2.57. The van der Waals surface area contributed by atoms with Crippen LogP contribution in [0.2, 0.25) is 0 Å². The Morgan fingerprint density at radius 2 is 0.635 bits per heavy atom. The van der Waals surface area contributed by atoms with E-state index in [1.54, 1.807) is 0 Å². The molecule has 6 heteroatoms. The van der Waals surface area contributed by atoms with Crippen molar-refractivity contribution in [3.63, 3.8) is 0 Å². The van der Waals surface area contributed by atoms with Crippen LogP contribution < -0.4 is 26.2 Å². The van der Waals surface area contributed by atoms with Gasteiger partial charge in [-0.1, -0.05) is 336 Å². The van der Waals surface area contributed by atoms with E-state index in [2.05, 4.69) is 476 Å². The monoisotopic (exact) mass is 1600 g/mol. The minimum Gasteiger partial charge on any atom is -0.456 e. The van der Waals surface area contributed by atoms with E-state index in [0.29, 0.717) is 0 Å². The number of anilines is 6. The highest BCUT2D eigenvalue weighted by Gasteiger charge is 2.47. The third kappa shape index (κ3) is 11.5. The summed E-state index contributed by atoms with van der Waals surface area (Å²) in [5.74, 6) is 0. The number of benzene rings is 20. The molecule has 0 unspecified atom stereocenters. The zero-order valence-corrected chi connectivity index (χ0v) is 69.8. The molecule has 0 atom stereocenters. The van der Waals surface area contributed by atoms with E-state index in [9.17, 15) is 0 Å². The summed E-state index contributed by atoms with van der Waals surface area (Å²) in [6, 6.07) is 165. The van der Waals surface area contributed by atoms with Crippen LogP contribution in [-0.4, -0.2) is 15.8 Å². The predicted octanol–water partition coefficient (Wildman–Crippen LogP) is 30.8. The normalized spacial score (nSPS) is 12.5. The molecule has 5 nitrogen and oxygen atoms in total. The van der Waals surface area contributed by atoms with Crippen molar-refractivity contribution in [2.45, 2.75) is 26.2 Å². The predicted molar refractivity (Wildman–Crippen MR) is 534 cm³/mol. The summed E-state index contributed by atoms with van der Waals surface area (Å²) in [5, 5.41) is 11.7. The van der Waals surface area contributed by atoms with E-state index in [-0.39, 0.29) is 5.41 Å². The second kappa shape index (κ2) is 28.8. The number of para-hydroxylation sites is 5. The number of hydrogen-bond acceptors (Lipinski definition) is 3. The minimum absolute atomic E-state index is 0.297. The van der Waals surface area contributed by atoms with E-state index in [1.165, 1.54) is 65.0 Å². The first-order valence-electron chi connectivity index (χ1n) is 43.8. The van der Waals surface area contributed by atoms with Crippen molar-refractivity contribution in [3.8, 4) is 100 Å². The maximum absolute atomic E-state index is 6.78. The van der Waals surface area contributed by atoms with Crippen molar-refractivity contribution >= 4 is 144 Å². The topological polar surface area (TPSA) is 29.5 Å². The largest absolute Gasteiger partial charge is 0.456 e. The summed E-state index contributed by atoms with van der Waals surface area (Å²) in [6.45, 7) is 6.71. The molecule has 5 heterocycles. The van der Waals surface area contributed by atoms with Crippen LogP contribution in [0, 0.1) is 0 Å². The molecule has 0 bridgehead atoms. The lowest BCUT2D eigenvalue weighted by molar-refractivity contribution is 0.591. The molecule has 0 N–H and O–H groups in total. The molecule has 20 aromatic carbocycles. The summed E-state index contributed by atoms with van der Waals surface area (Å²) in [7, 11) is 0. The SMILES string of the molecule is CC(C)(C)c1cc(-c2ccccc2)c(N2c3ccc(-c4cccc5c4c4ccccc4n5-c4ccccc4)cc3B3c4cc(-c5cccc6c5c5ccccc5n6-c5ccccc5)ccc4N(c4c(-c5ccccc5)cc(-c5ccccc5)cc4-c4ccccc4)c4cc(-c5ccc6oc7ccccc7c6c5)cc2c43)c(-c2cc3ccccc3c3ccccc23)c1. The smallest absolute Gasteiger partial charge is 0.252 e. The molecule has 0 saturated heterocycles. The Labute approximate surface area is 731 Å². The van der Waals surface area contributed by atoms with E-state index >= 15 is 0 Å². The Bertz CT molecular complexity index is 8310. The quantitative estimate of drug-likeness (QED) is 0.0902. The molecule has 0 saturated carbocycles. The van der Waals surface area contributed by atoms with Gasteiger partial charge in [0.15, 0.2) is 0 Å². The number of fused-ring (bicyclic) bond motifs is 16. The highest BCUT2D eigenvalue weighted by molar-refractivity contribution is 7.00. The molecule has 2 aliphatic rings. The van der Waals surface area contributed by atoms with Gasteiger partial charge in [-0.05, 0) is 237 Å². The zero-order valence-electron chi connectivity index (χ0n) is 69.8. The fourth-order valence-electron chi connectivity index (χ4n) is 21.1. The fourth-order valence-corrected chi connectivity index (χ4v) is 21.1. The number of rotatable bonds is 12. The zero-order chi connectivity index (χ0) is 83.4. The van der Waals surface area contributed by atoms with Crippen LogP contribution in [0.15, 0.2) is 441 Å². The van der Waals surface area contributed by atoms with Crippen molar-refractivity contribution in [2.75, 3.05) is 9.80 Å². The Morgan fingerprint density at radius 1 is 0.230 bits per heavy atom. The van der Waals surface area contributed by atoms with Gasteiger partial charge in [-0.2, -0.15) is 0 Å². The van der Waals surface area contributed by atoms with Gasteiger partial charge in [-0.15, -0.1) is 0 Å². The lowest BCUT2D eigenvalue weighted by Gasteiger charge is -2.46. The Morgan fingerprint density at radius 3 is 1.17 bits per heavy atom. The third-order valence-electron chi connectivity index (χ3n) is 26.8. The van der Waals surface area contributed by atoms with Crippen molar-refractivity contribution in [2.24, 2.45) is 0 Å². The summed E-state index contributed by atoms with van der Waals surface area (Å²) in [6.07, 6.45) is 0. The van der Waals surface area contributed by atoms with Crippen molar-refractivity contribution in [1.29, 1.82) is 0 Å². The molecule has 126 heavy (non-hydrogen) atoms. The first kappa shape index (κ1) is 72.8. The molecular weight excluding hydrogens is 1520 g/mol. The highest BCUT2D eigenvalue weighted by atomic mass is 16.3. The molecular formula is C120H81BN4O. The average Bonchev–Trinajstić information content (AvgIpc) is 0.811. The molecule has 0 aliphatic carbocycles. The number of hydrogen-bond donors (Lipinski definition) is 0. The lowest BCUT2D eigenvalue weighted by atomic mass is 9.33. The van der Waals surface area contributed by atoms with Crippen LogP contribution in [-0.2, 0) is 5.41 Å².